The number of aliphatic imine (C=N–C) groups is 1. The van der Waals surface area contributed by atoms with E-state index in [1.807, 2.05) is 6.92 Å². The smallest absolute Gasteiger partial charge is 0.208 e. The topological polar surface area (TPSA) is 53.6 Å². The number of hydrazine groups is 1. The van der Waals surface area contributed by atoms with Crippen molar-refractivity contribution >= 4 is 5.96 Å². The molecule has 1 heterocycles. The Morgan fingerprint density at radius 3 is 2.92 bits per heavy atom. The number of nitrogens with zero attached hydrogens (tertiary/aromatic N) is 2. The van der Waals surface area contributed by atoms with Crippen LogP contribution >= 0.6 is 0 Å². The Morgan fingerprint density at radius 1 is 1.75 bits per heavy atom. The van der Waals surface area contributed by atoms with Crippen molar-refractivity contribution < 1.29 is 0 Å². The van der Waals surface area contributed by atoms with Crippen LogP contribution in [-0.2, 0) is 0 Å². The van der Waals surface area contributed by atoms with Crippen molar-refractivity contribution in [3.8, 4) is 0 Å². The Labute approximate surface area is 73.8 Å². The van der Waals surface area contributed by atoms with Crippen LogP contribution in [0.1, 0.15) is 26.7 Å². The van der Waals surface area contributed by atoms with E-state index in [9.17, 15) is 0 Å². The lowest BCUT2D eigenvalue weighted by molar-refractivity contribution is 0.398. The van der Waals surface area contributed by atoms with E-state index in [-0.39, 0.29) is 0 Å². The summed E-state index contributed by atoms with van der Waals surface area (Å²) >= 11 is 0. The van der Waals surface area contributed by atoms with Gasteiger partial charge in [-0.1, -0.05) is 0 Å². The molecule has 4 nitrogen and oxygen atoms in total. The van der Waals surface area contributed by atoms with Gasteiger partial charge in [0.1, 0.15) is 0 Å². The Kier molecular flexibility index (Phi) is 3.34. The second-order valence-corrected chi connectivity index (χ2v) is 3.13. The fourth-order valence-corrected chi connectivity index (χ4v) is 1.62. The van der Waals surface area contributed by atoms with Gasteiger partial charge in [-0.05, 0) is 26.7 Å². The fraction of sp³-hybridized carbons (Fsp3) is 0.875. The number of hydrogen-bond donors (Lipinski definition) is 2. The highest BCUT2D eigenvalue weighted by molar-refractivity contribution is 5.79. The number of hydrogen-bond acceptors (Lipinski definition) is 2. The van der Waals surface area contributed by atoms with E-state index in [1.54, 1.807) is 0 Å². The standard InChI is InChI=1S/C8H18N4/c1-3-10-8(11-9)12-6-4-5-7(12)2/h7H,3-6,9H2,1-2H3,(H,10,11). The third kappa shape index (κ3) is 1.88. The fourth-order valence-electron chi connectivity index (χ4n) is 1.62. The molecule has 12 heavy (non-hydrogen) atoms. The zero-order valence-corrected chi connectivity index (χ0v) is 7.88. The Hall–Kier alpha value is -0.770. The van der Waals surface area contributed by atoms with Crippen LogP contribution in [0, 0.1) is 0 Å². The molecule has 1 rings (SSSR count). The Balaban J connectivity index is 2.58. The third-order valence-electron chi connectivity index (χ3n) is 2.26. The van der Waals surface area contributed by atoms with E-state index in [0.717, 1.165) is 19.0 Å². The third-order valence-corrected chi connectivity index (χ3v) is 2.26. The molecule has 1 atom stereocenters. The second kappa shape index (κ2) is 4.30. The molecular weight excluding hydrogens is 152 g/mol. The average Bonchev–Trinajstić information content (AvgIpc) is 2.47. The van der Waals surface area contributed by atoms with Gasteiger partial charge in [-0.25, -0.2) is 5.84 Å². The molecule has 0 radical (unpaired) electrons. The molecule has 1 aliphatic heterocycles. The Bertz CT molecular complexity index is 166. The summed E-state index contributed by atoms with van der Waals surface area (Å²) in [4.78, 5) is 6.51. The summed E-state index contributed by atoms with van der Waals surface area (Å²) in [6, 6.07) is 0.575. The monoisotopic (exact) mass is 170 g/mol. The average molecular weight is 170 g/mol. The molecule has 0 aliphatic carbocycles. The summed E-state index contributed by atoms with van der Waals surface area (Å²) < 4.78 is 0. The van der Waals surface area contributed by atoms with Gasteiger partial charge in [-0.2, -0.15) is 0 Å². The van der Waals surface area contributed by atoms with Crippen LogP contribution in [0.5, 0.6) is 0 Å². The van der Waals surface area contributed by atoms with Gasteiger partial charge in [-0.15, -0.1) is 0 Å². The molecule has 0 aromatic rings. The number of nitrogens with two attached hydrogens (primary N) is 1. The van der Waals surface area contributed by atoms with Crippen LogP contribution in [0.2, 0.25) is 0 Å². The number of likely N-dealkylation sites (tertiary alicyclic amines) is 1. The van der Waals surface area contributed by atoms with Gasteiger partial charge >= 0.3 is 0 Å². The minimum Gasteiger partial charge on any atom is -0.339 e. The minimum atomic E-state index is 0.575. The first-order chi connectivity index (χ1) is 5.79. The van der Waals surface area contributed by atoms with E-state index in [4.69, 9.17) is 5.84 Å². The molecule has 0 bridgehead atoms. The molecule has 0 aromatic heterocycles. The van der Waals surface area contributed by atoms with Crippen LogP contribution in [0.15, 0.2) is 4.99 Å². The first kappa shape index (κ1) is 9.32. The van der Waals surface area contributed by atoms with Gasteiger partial charge in [0, 0.05) is 19.1 Å². The molecule has 0 saturated carbocycles. The largest absolute Gasteiger partial charge is 0.339 e. The van der Waals surface area contributed by atoms with Gasteiger partial charge in [-0.3, -0.25) is 10.4 Å². The molecule has 1 unspecified atom stereocenters. The quantitative estimate of drug-likeness (QED) is 0.258. The van der Waals surface area contributed by atoms with Crippen molar-refractivity contribution in [1.82, 2.24) is 10.3 Å². The molecule has 0 amide bonds. The number of rotatable bonds is 1. The molecule has 70 valence electrons. The number of nitrogens with one attached hydrogen (secondary N) is 1. The predicted octanol–water partition coefficient (Wildman–Crippen LogP) is 0.310. The van der Waals surface area contributed by atoms with Crippen molar-refractivity contribution in [1.29, 1.82) is 0 Å². The molecule has 0 aromatic carbocycles. The summed E-state index contributed by atoms with van der Waals surface area (Å²) in [7, 11) is 0. The minimum absolute atomic E-state index is 0.575. The van der Waals surface area contributed by atoms with Gasteiger partial charge in [0.05, 0.1) is 0 Å². The molecule has 0 spiro atoms. The van der Waals surface area contributed by atoms with E-state index in [1.165, 1.54) is 12.8 Å². The summed E-state index contributed by atoms with van der Waals surface area (Å²) in [6.45, 7) is 6.07. The lowest BCUT2D eigenvalue weighted by Gasteiger charge is -2.24. The molecule has 1 aliphatic rings. The van der Waals surface area contributed by atoms with Crippen molar-refractivity contribution in [3.63, 3.8) is 0 Å². The Morgan fingerprint density at radius 2 is 2.50 bits per heavy atom. The zero-order valence-electron chi connectivity index (χ0n) is 7.88. The van der Waals surface area contributed by atoms with Crippen LogP contribution in [0.3, 0.4) is 0 Å². The first-order valence-corrected chi connectivity index (χ1v) is 4.57. The van der Waals surface area contributed by atoms with E-state index >= 15 is 0 Å². The van der Waals surface area contributed by atoms with Crippen molar-refractivity contribution in [2.24, 2.45) is 10.8 Å². The predicted molar refractivity (Wildman–Crippen MR) is 50.7 cm³/mol. The summed E-state index contributed by atoms with van der Waals surface area (Å²) in [5.74, 6) is 6.21. The highest BCUT2D eigenvalue weighted by atomic mass is 15.4. The van der Waals surface area contributed by atoms with Gasteiger partial charge in [0.15, 0.2) is 0 Å². The van der Waals surface area contributed by atoms with Crippen LogP contribution < -0.4 is 11.3 Å². The number of guanidine groups is 1. The lowest BCUT2D eigenvalue weighted by Crippen LogP contribution is -2.46. The van der Waals surface area contributed by atoms with E-state index in [0.29, 0.717) is 6.04 Å². The molecule has 4 heteroatoms. The van der Waals surface area contributed by atoms with E-state index in [2.05, 4.69) is 22.2 Å². The summed E-state index contributed by atoms with van der Waals surface area (Å²) in [5.41, 5.74) is 2.65. The normalized spacial score (nSPS) is 24.8. The van der Waals surface area contributed by atoms with E-state index < -0.39 is 0 Å². The highest BCUT2D eigenvalue weighted by Crippen LogP contribution is 2.15. The van der Waals surface area contributed by atoms with Crippen molar-refractivity contribution in [2.45, 2.75) is 32.7 Å². The van der Waals surface area contributed by atoms with Crippen LogP contribution in [0.25, 0.3) is 0 Å². The first-order valence-electron chi connectivity index (χ1n) is 4.57. The highest BCUT2D eigenvalue weighted by Gasteiger charge is 2.22. The zero-order chi connectivity index (χ0) is 8.97. The summed E-state index contributed by atoms with van der Waals surface area (Å²) in [6.07, 6.45) is 2.48. The van der Waals surface area contributed by atoms with Crippen molar-refractivity contribution in [2.75, 3.05) is 13.1 Å². The maximum atomic E-state index is 5.38. The molecule has 3 N–H and O–H groups in total. The summed E-state index contributed by atoms with van der Waals surface area (Å²) in [5, 5.41) is 0. The SMILES string of the molecule is CCN=C(NN)N1CCCC1C. The van der Waals surface area contributed by atoms with Gasteiger partial charge in [0.2, 0.25) is 5.96 Å². The van der Waals surface area contributed by atoms with Gasteiger partial charge in [0.25, 0.3) is 0 Å². The van der Waals surface area contributed by atoms with Gasteiger partial charge < -0.3 is 4.90 Å². The molecular formula is C8H18N4. The second-order valence-electron chi connectivity index (χ2n) is 3.13. The maximum absolute atomic E-state index is 5.38. The van der Waals surface area contributed by atoms with Crippen LogP contribution in [0.4, 0.5) is 0 Å². The molecule has 1 fully saturated rings. The molecule has 1 saturated heterocycles. The maximum Gasteiger partial charge on any atom is 0.208 e. The van der Waals surface area contributed by atoms with Crippen LogP contribution in [-0.4, -0.2) is 30.0 Å². The van der Waals surface area contributed by atoms with Crippen molar-refractivity contribution in [3.05, 3.63) is 0 Å². The lowest BCUT2D eigenvalue weighted by atomic mass is 10.2.